The maximum Gasteiger partial charge on any atom is 0.450 e. The lowest BCUT2D eigenvalue weighted by molar-refractivity contribution is -0.170. The minimum atomic E-state index is -4.90. The summed E-state index contributed by atoms with van der Waals surface area (Å²) in [7, 11) is 0. The Balaban J connectivity index is 2.98. The zero-order chi connectivity index (χ0) is 12.3. The van der Waals surface area contributed by atoms with Gasteiger partial charge in [0.15, 0.2) is 0 Å². The molecule has 0 spiro atoms. The molecule has 0 aliphatic heterocycles. The SMILES string of the molecule is NC(=O)c1ccccc1CC(=O)C(F)(F)F. The van der Waals surface area contributed by atoms with Gasteiger partial charge in [0, 0.05) is 12.0 Å². The van der Waals surface area contributed by atoms with E-state index in [2.05, 4.69) is 0 Å². The van der Waals surface area contributed by atoms with Crippen molar-refractivity contribution in [2.75, 3.05) is 0 Å². The van der Waals surface area contributed by atoms with Crippen LogP contribution in [0.2, 0.25) is 0 Å². The number of nitrogens with two attached hydrogens (primary N) is 1. The van der Waals surface area contributed by atoms with Crippen molar-refractivity contribution in [3.63, 3.8) is 0 Å². The number of rotatable bonds is 3. The molecule has 0 radical (unpaired) electrons. The van der Waals surface area contributed by atoms with Crippen LogP contribution < -0.4 is 5.73 Å². The Morgan fingerprint density at radius 1 is 1.19 bits per heavy atom. The Kier molecular flexibility index (Phi) is 3.31. The van der Waals surface area contributed by atoms with Crippen LogP contribution in [0.25, 0.3) is 0 Å². The summed E-state index contributed by atoms with van der Waals surface area (Å²) in [6.07, 6.45) is -5.77. The predicted octanol–water partition coefficient (Wildman–Crippen LogP) is 1.46. The summed E-state index contributed by atoms with van der Waals surface area (Å²) < 4.78 is 36.0. The number of ketones is 1. The lowest BCUT2D eigenvalue weighted by atomic mass is 10.0. The van der Waals surface area contributed by atoms with E-state index < -0.39 is 24.3 Å². The predicted molar refractivity (Wildman–Crippen MR) is 49.7 cm³/mol. The maximum absolute atomic E-state index is 12.0. The fourth-order valence-corrected chi connectivity index (χ4v) is 1.19. The first-order valence-electron chi connectivity index (χ1n) is 4.30. The fraction of sp³-hybridized carbons (Fsp3) is 0.200. The molecule has 1 rings (SSSR count). The van der Waals surface area contributed by atoms with Gasteiger partial charge in [0.1, 0.15) is 0 Å². The maximum atomic E-state index is 12.0. The largest absolute Gasteiger partial charge is 0.450 e. The first kappa shape index (κ1) is 12.2. The normalized spacial score (nSPS) is 11.2. The molecule has 0 heterocycles. The van der Waals surface area contributed by atoms with Crippen molar-refractivity contribution in [3.05, 3.63) is 35.4 Å². The molecular formula is C10H8F3NO2. The first-order chi connectivity index (χ1) is 7.32. The Labute approximate surface area is 89.1 Å². The summed E-state index contributed by atoms with van der Waals surface area (Å²) in [6, 6.07) is 5.44. The monoisotopic (exact) mass is 231 g/mol. The van der Waals surface area contributed by atoms with E-state index in [1.54, 1.807) is 0 Å². The van der Waals surface area contributed by atoms with E-state index in [9.17, 15) is 22.8 Å². The molecule has 1 amide bonds. The Hall–Kier alpha value is -1.85. The van der Waals surface area contributed by atoms with Crippen molar-refractivity contribution in [1.29, 1.82) is 0 Å². The summed E-state index contributed by atoms with van der Waals surface area (Å²) in [5.74, 6) is -2.76. The molecule has 0 aliphatic carbocycles. The molecule has 1 aromatic rings. The second kappa shape index (κ2) is 4.34. The summed E-state index contributed by atoms with van der Waals surface area (Å²) in [4.78, 5) is 21.6. The number of amides is 1. The molecule has 6 heteroatoms. The van der Waals surface area contributed by atoms with Crippen molar-refractivity contribution in [2.45, 2.75) is 12.6 Å². The fourth-order valence-electron chi connectivity index (χ4n) is 1.19. The number of hydrogen-bond donors (Lipinski definition) is 1. The average Bonchev–Trinajstić information content (AvgIpc) is 2.16. The molecule has 16 heavy (non-hydrogen) atoms. The summed E-state index contributed by atoms with van der Waals surface area (Å²) >= 11 is 0. The minimum Gasteiger partial charge on any atom is -0.366 e. The van der Waals surface area contributed by atoms with Crippen LogP contribution in [0.15, 0.2) is 24.3 Å². The number of alkyl halides is 3. The van der Waals surface area contributed by atoms with Crippen LogP contribution >= 0.6 is 0 Å². The molecule has 0 fully saturated rings. The number of carbonyl (C=O) groups is 2. The molecule has 0 unspecified atom stereocenters. The van der Waals surface area contributed by atoms with Crippen molar-refractivity contribution in [2.24, 2.45) is 5.73 Å². The van der Waals surface area contributed by atoms with Crippen LogP contribution in [-0.4, -0.2) is 17.9 Å². The molecule has 0 aliphatic rings. The topological polar surface area (TPSA) is 60.2 Å². The summed E-state index contributed by atoms with van der Waals surface area (Å²) in [6.45, 7) is 0. The van der Waals surface area contributed by atoms with Gasteiger partial charge >= 0.3 is 6.18 Å². The zero-order valence-corrected chi connectivity index (χ0v) is 8.04. The molecule has 0 aromatic heterocycles. The molecule has 0 atom stereocenters. The Morgan fingerprint density at radius 3 is 2.25 bits per heavy atom. The molecule has 1 aromatic carbocycles. The van der Waals surface area contributed by atoms with Crippen LogP contribution in [0.3, 0.4) is 0 Å². The van der Waals surface area contributed by atoms with Gasteiger partial charge in [-0.25, -0.2) is 0 Å². The molecule has 0 saturated heterocycles. The third-order valence-electron chi connectivity index (χ3n) is 1.95. The molecular weight excluding hydrogens is 223 g/mol. The van der Waals surface area contributed by atoms with Crippen LogP contribution in [0.5, 0.6) is 0 Å². The quantitative estimate of drug-likeness (QED) is 0.856. The molecule has 3 nitrogen and oxygen atoms in total. The lowest BCUT2D eigenvalue weighted by Gasteiger charge is -2.07. The second-order valence-electron chi connectivity index (χ2n) is 3.12. The summed E-state index contributed by atoms with van der Waals surface area (Å²) in [5, 5.41) is 0. The smallest absolute Gasteiger partial charge is 0.366 e. The number of carbonyl (C=O) groups excluding carboxylic acids is 2. The van der Waals surface area contributed by atoms with E-state index >= 15 is 0 Å². The van der Waals surface area contributed by atoms with Crippen molar-refractivity contribution in [1.82, 2.24) is 0 Å². The van der Waals surface area contributed by atoms with Crippen molar-refractivity contribution in [3.8, 4) is 0 Å². The van der Waals surface area contributed by atoms with Crippen LogP contribution in [-0.2, 0) is 11.2 Å². The van der Waals surface area contributed by atoms with Crippen molar-refractivity contribution >= 4 is 11.7 Å². The average molecular weight is 231 g/mol. The third-order valence-corrected chi connectivity index (χ3v) is 1.95. The Bertz CT molecular complexity index is 426. The number of Topliss-reactive ketones (excluding diaryl/α,β-unsaturated/α-hetero) is 1. The van der Waals surface area contributed by atoms with Crippen LogP contribution in [0.4, 0.5) is 13.2 Å². The van der Waals surface area contributed by atoms with Crippen LogP contribution in [0.1, 0.15) is 15.9 Å². The highest BCUT2D eigenvalue weighted by Gasteiger charge is 2.38. The van der Waals surface area contributed by atoms with E-state index in [1.807, 2.05) is 0 Å². The molecule has 0 saturated carbocycles. The second-order valence-corrected chi connectivity index (χ2v) is 3.12. The van der Waals surface area contributed by atoms with Crippen LogP contribution in [0, 0.1) is 0 Å². The number of hydrogen-bond acceptors (Lipinski definition) is 2. The van der Waals surface area contributed by atoms with Gasteiger partial charge in [0.05, 0.1) is 0 Å². The van der Waals surface area contributed by atoms with Gasteiger partial charge < -0.3 is 5.73 Å². The minimum absolute atomic E-state index is 0.0164. The standard InChI is InChI=1S/C10H8F3NO2/c11-10(12,13)8(15)5-6-3-1-2-4-7(6)9(14)16/h1-4H,5H2,(H2,14,16). The van der Waals surface area contributed by atoms with Crippen molar-refractivity contribution < 1.29 is 22.8 Å². The molecule has 0 bridgehead atoms. The van der Waals surface area contributed by atoms with Gasteiger partial charge in [0.25, 0.3) is 0 Å². The first-order valence-corrected chi connectivity index (χ1v) is 4.30. The van der Waals surface area contributed by atoms with Gasteiger partial charge in [-0.15, -0.1) is 0 Å². The lowest BCUT2D eigenvalue weighted by Crippen LogP contribution is -2.26. The number of primary amides is 1. The summed E-state index contributed by atoms with van der Waals surface area (Å²) in [5.41, 5.74) is 4.88. The number of benzene rings is 1. The Morgan fingerprint density at radius 2 is 1.75 bits per heavy atom. The molecule has 2 N–H and O–H groups in total. The van der Waals surface area contributed by atoms with E-state index in [0.717, 1.165) is 0 Å². The van der Waals surface area contributed by atoms with Gasteiger partial charge in [-0.05, 0) is 11.6 Å². The molecule has 86 valence electrons. The zero-order valence-electron chi connectivity index (χ0n) is 8.04. The highest BCUT2D eigenvalue weighted by molar-refractivity contribution is 5.96. The highest BCUT2D eigenvalue weighted by Crippen LogP contribution is 2.20. The number of halogens is 3. The van der Waals surface area contributed by atoms with Gasteiger partial charge in [-0.3, -0.25) is 9.59 Å². The van der Waals surface area contributed by atoms with E-state index in [4.69, 9.17) is 5.73 Å². The van der Waals surface area contributed by atoms with Gasteiger partial charge in [0.2, 0.25) is 11.7 Å². The van der Waals surface area contributed by atoms with E-state index in [0.29, 0.717) is 0 Å². The van der Waals surface area contributed by atoms with E-state index in [-0.39, 0.29) is 11.1 Å². The van der Waals surface area contributed by atoms with E-state index in [1.165, 1.54) is 24.3 Å². The van der Waals surface area contributed by atoms with Gasteiger partial charge in [-0.1, -0.05) is 18.2 Å². The highest BCUT2D eigenvalue weighted by atomic mass is 19.4. The van der Waals surface area contributed by atoms with Gasteiger partial charge in [-0.2, -0.15) is 13.2 Å². The third kappa shape index (κ3) is 2.82.